The van der Waals surface area contributed by atoms with Crippen LogP contribution < -0.4 is 15.1 Å². The van der Waals surface area contributed by atoms with Crippen LogP contribution in [0.15, 0.2) is 60.7 Å². The Balaban J connectivity index is 1.13. The van der Waals surface area contributed by atoms with E-state index in [1.165, 1.54) is 11.3 Å². The maximum absolute atomic E-state index is 12.8. The van der Waals surface area contributed by atoms with Gasteiger partial charge >= 0.3 is 0 Å². The normalized spacial score (nSPS) is 17.0. The van der Waals surface area contributed by atoms with E-state index in [0.29, 0.717) is 0 Å². The van der Waals surface area contributed by atoms with E-state index in [2.05, 4.69) is 62.6 Å². The van der Waals surface area contributed by atoms with E-state index < -0.39 is 0 Å². The maximum atomic E-state index is 12.8. The molecule has 2 aliphatic heterocycles. The molecule has 0 atom stereocenters. The van der Waals surface area contributed by atoms with Gasteiger partial charge in [0, 0.05) is 49.0 Å². The van der Waals surface area contributed by atoms with Gasteiger partial charge in [-0.25, -0.2) is 0 Å². The Kier molecular flexibility index (Phi) is 6.72. The van der Waals surface area contributed by atoms with Crippen LogP contribution in [0.3, 0.4) is 0 Å². The minimum atomic E-state index is 0.00898. The van der Waals surface area contributed by atoms with Crippen LogP contribution in [0, 0.1) is 12.8 Å². The molecular formula is C27H31N5O2. The van der Waals surface area contributed by atoms with E-state index in [1.807, 2.05) is 30.3 Å². The molecule has 34 heavy (non-hydrogen) atoms. The van der Waals surface area contributed by atoms with Crippen molar-refractivity contribution in [1.29, 1.82) is 0 Å². The minimum Gasteiger partial charge on any atom is -0.378 e. The monoisotopic (exact) mass is 457 g/mol. The summed E-state index contributed by atoms with van der Waals surface area (Å²) in [5, 5.41) is 12.0. The number of nitrogens with zero attached hydrogens (tertiary/aromatic N) is 4. The molecule has 0 unspecified atom stereocenters. The van der Waals surface area contributed by atoms with Gasteiger partial charge in [-0.3, -0.25) is 4.79 Å². The van der Waals surface area contributed by atoms with Crippen molar-refractivity contribution >= 4 is 23.1 Å². The molecule has 3 heterocycles. The first-order valence-electron chi connectivity index (χ1n) is 12.0. The van der Waals surface area contributed by atoms with Gasteiger partial charge in [0.2, 0.25) is 5.91 Å². The lowest BCUT2D eigenvalue weighted by molar-refractivity contribution is -0.120. The molecule has 0 spiro atoms. The van der Waals surface area contributed by atoms with Gasteiger partial charge in [-0.1, -0.05) is 23.8 Å². The second-order valence-corrected chi connectivity index (χ2v) is 9.04. The molecular weight excluding hydrogens is 426 g/mol. The number of amides is 1. The van der Waals surface area contributed by atoms with Crippen LogP contribution in [-0.4, -0.2) is 55.5 Å². The largest absolute Gasteiger partial charge is 0.378 e. The fourth-order valence-electron chi connectivity index (χ4n) is 4.64. The summed E-state index contributed by atoms with van der Waals surface area (Å²) < 4.78 is 5.42. The van der Waals surface area contributed by atoms with Gasteiger partial charge in [0.25, 0.3) is 0 Å². The summed E-state index contributed by atoms with van der Waals surface area (Å²) in [6.45, 7) is 7.01. The van der Waals surface area contributed by atoms with Crippen molar-refractivity contribution in [3.63, 3.8) is 0 Å². The first kappa shape index (κ1) is 22.3. The summed E-state index contributed by atoms with van der Waals surface area (Å²) in [6.07, 6.45) is 1.61. The SMILES string of the molecule is Cc1cccc(-c2ccc(N3CCC(C(=O)Nc4ccc(N5CCOCC5)cc4)CC3)nn2)c1. The second-order valence-electron chi connectivity index (χ2n) is 9.04. The number of aromatic nitrogens is 2. The summed E-state index contributed by atoms with van der Waals surface area (Å²) in [5.41, 5.74) is 5.18. The highest BCUT2D eigenvalue weighted by Gasteiger charge is 2.26. The number of hydrogen-bond acceptors (Lipinski definition) is 6. The zero-order valence-corrected chi connectivity index (χ0v) is 19.6. The van der Waals surface area contributed by atoms with Crippen LogP contribution in [-0.2, 0) is 9.53 Å². The lowest BCUT2D eigenvalue weighted by Crippen LogP contribution is -2.38. The molecule has 176 valence electrons. The number of nitrogens with one attached hydrogen (secondary N) is 1. The van der Waals surface area contributed by atoms with Gasteiger partial charge in [-0.2, -0.15) is 0 Å². The van der Waals surface area contributed by atoms with E-state index in [9.17, 15) is 4.79 Å². The van der Waals surface area contributed by atoms with Gasteiger partial charge in [0.15, 0.2) is 5.82 Å². The Morgan fingerprint density at radius 1 is 0.912 bits per heavy atom. The smallest absolute Gasteiger partial charge is 0.227 e. The highest BCUT2D eigenvalue weighted by molar-refractivity contribution is 5.92. The van der Waals surface area contributed by atoms with Crippen molar-refractivity contribution in [1.82, 2.24) is 10.2 Å². The number of piperidine rings is 1. The number of benzene rings is 2. The number of ether oxygens (including phenoxy) is 1. The Bertz CT molecular complexity index is 1100. The molecule has 0 aliphatic carbocycles. The molecule has 0 saturated carbocycles. The Labute approximate surface area is 200 Å². The molecule has 2 fully saturated rings. The van der Waals surface area contributed by atoms with Crippen molar-refractivity contribution in [2.75, 3.05) is 54.5 Å². The third kappa shape index (κ3) is 5.20. The maximum Gasteiger partial charge on any atom is 0.227 e. The molecule has 2 saturated heterocycles. The Morgan fingerprint density at radius 2 is 1.68 bits per heavy atom. The molecule has 7 heteroatoms. The van der Waals surface area contributed by atoms with E-state index in [1.54, 1.807) is 0 Å². The molecule has 0 bridgehead atoms. The predicted molar refractivity (Wildman–Crippen MR) is 135 cm³/mol. The molecule has 3 aromatic rings. The summed E-state index contributed by atoms with van der Waals surface area (Å²) in [7, 11) is 0. The summed E-state index contributed by atoms with van der Waals surface area (Å²) in [4.78, 5) is 17.4. The van der Waals surface area contributed by atoms with E-state index in [0.717, 1.165) is 75.0 Å². The lowest BCUT2D eigenvalue weighted by atomic mass is 9.95. The first-order chi connectivity index (χ1) is 16.7. The number of anilines is 3. The third-order valence-electron chi connectivity index (χ3n) is 6.67. The van der Waals surface area contributed by atoms with Gasteiger partial charge in [-0.05, 0) is 62.2 Å². The van der Waals surface area contributed by atoms with Gasteiger partial charge in [-0.15, -0.1) is 10.2 Å². The van der Waals surface area contributed by atoms with Crippen molar-refractivity contribution in [2.45, 2.75) is 19.8 Å². The van der Waals surface area contributed by atoms with E-state index >= 15 is 0 Å². The van der Waals surface area contributed by atoms with Crippen LogP contribution >= 0.6 is 0 Å². The quantitative estimate of drug-likeness (QED) is 0.621. The number of rotatable bonds is 5. The van der Waals surface area contributed by atoms with Crippen LogP contribution in [0.25, 0.3) is 11.3 Å². The third-order valence-corrected chi connectivity index (χ3v) is 6.67. The number of aryl methyl sites for hydroxylation is 1. The predicted octanol–water partition coefficient (Wildman–Crippen LogP) is 4.14. The zero-order valence-electron chi connectivity index (χ0n) is 19.6. The fourth-order valence-corrected chi connectivity index (χ4v) is 4.64. The Hall–Kier alpha value is -3.45. The first-order valence-corrected chi connectivity index (χ1v) is 12.0. The number of morpholine rings is 1. The van der Waals surface area contributed by atoms with Gasteiger partial charge in [0.1, 0.15) is 0 Å². The topological polar surface area (TPSA) is 70.6 Å². The number of carbonyl (C=O) groups excluding carboxylic acids is 1. The van der Waals surface area contributed by atoms with E-state index in [4.69, 9.17) is 4.74 Å². The molecule has 1 amide bonds. The highest BCUT2D eigenvalue weighted by atomic mass is 16.5. The van der Waals surface area contributed by atoms with Crippen molar-refractivity contribution < 1.29 is 9.53 Å². The second kappa shape index (κ2) is 10.2. The average molecular weight is 458 g/mol. The molecule has 7 nitrogen and oxygen atoms in total. The summed E-state index contributed by atoms with van der Waals surface area (Å²) in [5.74, 6) is 0.975. The minimum absolute atomic E-state index is 0.00898. The Morgan fingerprint density at radius 3 is 2.35 bits per heavy atom. The molecule has 1 aromatic heterocycles. The van der Waals surface area contributed by atoms with Crippen molar-refractivity contribution in [3.05, 3.63) is 66.2 Å². The van der Waals surface area contributed by atoms with Gasteiger partial charge < -0.3 is 19.9 Å². The zero-order chi connectivity index (χ0) is 23.3. The standard InChI is InChI=1S/C27H31N5O2/c1-20-3-2-4-22(19-20)25-9-10-26(30-29-25)32-13-11-21(12-14-32)27(33)28-23-5-7-24(8-6-23)31-15-17-34-18-16-31/h2-10,19,21H,11-18H2,1H3,(H,28,33). The summed E-state index contributed by atoms with van der Waals surface area (Å²) in [6, 6.07) is 20.5. The summed E-state index contributed by atoms with van der Waals surface area (Å²) >= 11 is 0. The molecule has 0 radical (unpaired) electrons. The van der Waals surface area contributed by atoms with Crippen LogP contribution in [0.5, 0.6) is 0 Å². The molecule has 1 N–H and O–H groups in total. The molecule has 2 aromatic carbocycles. The van der Waals surface area contributed by atoms with Crippen molar-refractivity contribution in [3.8, 4) is 11.3 Å². The number of carbonyl (C=O) groups is 1. The van der Waals surface area contributed by atoms with Crippen LogP contribution in [0.4, 0.5) is 17.2 Å². The lowest BCUT2D eigenvalue weighted by Gasteiger charge is -2.32. The molecule has 2 aliphatic rings. The highest BCUT2D eigenvalue weighted by Crippen LogP contribution is 2.25. The van der Waals surface area contributed by atoms with Crippen LogP contribution in [0.2, 0.25) is 0 Å². The number of hydrogen-bond donors (Lipinski definition) is 1. The fraction of sp³-hybridized carbons (Fsp3) is 0.370. The van der Waals surface area contributed by atoms with Crippen molar-refractivity contribution in [2.24, 2.45) is 5.92 Å². The van der Waals surface area contributed by atoms with E-state index in [-0.39, 0.29) is 11.8 Å². The average Bonchev–Trinajstić information content (AvgIpc) is 2.90. The molecule has 5 rings (SSSR count). The van der Waals surface area contributed by atoms with Gasteiger partial charge in [0.05, 0.1) is 18.9 Å². The van der Waals surface area contributed by atoms with Crippen LogP contribution in [0.1, 0.15) is 18.4 Å².